The van der Waals surface area contributed by atoms with Gasteiger partial charge in [0.25, 0.3) is 0 Å². The van der Waals surface area contributed by atoms with Crippen LogP contribution in [0.15, 0.2) is 0 Å². The summed E-state index contributed by atoms with van der Waals surface area (Å²) in [6, 6.07) is 0. The predicted molar refractivity (Wildman–Crippen MR) is 79.7 cm³/mol. The molecule has 2 saturated carbocycles. The summed E-state index contributed by atoms with van der Waals surface area (Å²) in [6.07, 6.45) is 14.1. The summed E-state index contributed by atoms with van der Waals surface area (Å²) >= 11 is 0. The lowest BCUT2D eigenvalue weighted by atomic mass is 9.81. The Balaban J connectivity index is 1.42. The zero-order chi connectivity index (χ0) is 13.9. The second-order valence-corrected chi connectivity index (χ2v) is 8.05. The van der Waals surface area contributed by atoms with E-state index in [2.05, 4.69) is 9.80 Å². The van der Waals surface area contributed by atoms with Gasteiger partial charge in [0.1, 0.15) is 0 Å². The number of hydrogen-bond acceptors (Lipinski definition) is 4. The molecule has 0 aromatic carbocycles. The Morgan fingerprint density at radius 2 is 1.05 bits per heavy atom. The van der Waals surface area contributed by atoms with Gasteiger partial charge in [-0.25, -0.2) is 0 Å². The summed E-state index contributed by atoms with van der Waals surface area (Å²) in [5, 5.41) is 0. The number of nitrogens with zero attached hydrogens (tertiary/aromatic N) is 2. The molecule has 4 heteroatoms. The molecule has 5 fully saturated rings. The van der Waals surface area contributed by atoms with Gasteiger partial charge in [0.2, 0.25) is 0 Å². The minimum atomic E-state index is 0.212. The molecular weight excluding hydrogens is 264 g/mol. The van der Waals surface area contributed by atoms with Crippen LogP contribution >= 0.6 is 0 Å². The van der Waals surface area contributed by atoms with E-state index in [0.717, 1.165) is 19.9 Å². The summed E-state index contributed by atoms with van der Waals surface area (Å²) in [4.78, 5) is 5.37. The number of ether oxygens (including phenoxy) is 2. The largest absolute Gasteiger partial charge is 0.357 e. The molecule has 3 heterocycles. The molecule has 0 N–H and O–H groups in total. The van der Waals surface area contributed by atoms with Crippen molar-refractivity contribution < 1.29 is 9.47 Å². The van der Waals surface area contributed by atoms with Crippen molar-refractivity contribution in [2.24, 2.45) is 0 Å². The molecule has 3 saturated heterocycles. The van der Waals surface area contributed by atoms with E-state index in [0.29, 0.717) is 11.1 Å². The van der Waals surface area contributed by atoms with Crippen LogP contribution in [0.5, 0.6) is 0 Å². The SMILES string of the molecule is C1CCC2(CC1)COC1C3OCC4(CCCCC4)N3CN12. The van der Waals surface area contributed by atoms with Crippen LogP contribution in [-0.2, 0) is 9.47 Å². The van der Waals surface area contributed by atoms with E-state index < -0.39 is 0 Å². The van der Waals surface area contributed by atoms with Gasteiger partial charge in [0, 0.05) is 11.1 Å². The van der Waals surface area contributed by atoms with Gasteiger partial charge in [-0.15, -0.1) is 0 Å². The molecule has 0 amide bonds. The van der Waals surface area contributed by atoms with E-state index in [1.807, 2.05) is 0 Å². The van der Waals surface area contributed by atoms with Gasteiger partial charge in [-0.3, -0.25) is 9.80 Å². The summed E-state index contributed by atoms with van der Waals surface area (Å²) < 4.78 is 12.6. The van der Waals surface area contributed by atoms with Crippen molar-refractivity contribution in [3.8, 4) is 0 Å². The lowest BCUT2D eigenvalue weighted by Crippen LogP contribution is -2.53. The Morgan fingerprint density at radius 1 is 0.619 bits per heavy atom. The highest BCUT2D eigenvalue weighted by molar-refractivity contribution is 5.09. The lowest BCUT2D eigenvalue weighted by molar-refractivity contribution is -0.0625. The third-order valence-electron chi connectivity index (χ3n) is 7.00. The van der Waals surface area contributed by atoms with E-state index in [4.69, 9.17) is 9.47 Å². The fraction of sp³-hybridized carbons (Fsp3) is 1.00. The van der Waals surface area contributed by atoms with E-state index >= 15 is 0 Å². The van der Waals surface area contributed by atoms with Gasteiger partial charge in [0.05, 0.1) is 19.9 Å². The van der Waals surface area contributed by atoms with Gasteiger partial charge in [-0.05, 0) is 25.7 Å². The molecule has 21 heavy (non-hydrogen) atoms. The molecule has 0 aromatic rings. The number of rotatable bonds is 0. The van der Waals surface area contributed by atoms with Crippen molar-refractivity contribution in [1.82, 2.24) is 9.80 Å². The van der Waals surface area contributed by atoms with Crippen molar-refractivity contribution in [2.75, 3.05) is 19.9 Å². The Kier molecular flexibility index (Phi) is 2.96. The molecule has 2 aliphatic carbocycles. The third-order valence-corrected chi connectivity index (χ3v) is 7.00. The average molecular weight is 292 g/mol. The van der Waals surface area contributed by atoms with Crippen LogP contribution in [0.2, 0.25) is 0 Å². The molecular formula is C17H28N2O2. The third kappa shape index (κ3) is 1.76. The normalized spacial score (nSPS) is 41.7. The summed E-state index contributed by atoms with van der Waals surface area (Å²) in [7, 11) is 0. The molecule has 5 aliphatic rings. The molecule has 118 valence electrons. The standard InChI is InChI=1S/C17H28N2O2/c1-3-7-16(8-4-1)11-20-14-15-19(13-18(14)16)17(12-21-15)9-5-2-6-10-17/h14-15H,1-13H2. The predicted octanol–water partition coefficient (Wildman–Crippen LogP) is 2.68. The van der Waals surface area contributed by atoms with E-state index in [-0.39, 0.29) is 12.5 Å². The average Bonchev–Trinajstić information content (AvgIpc) is 3.16. The number of fused-ring (bicyclic) bond motifs is 5. The van der Waals surface area contributed by atoms with Crippen LogP contribution in [0.4, 0.5) is 0 Å². The molecule has 2 unspecified atom stereocenters. The van der Waals surface area contributed by atoms with Crippen molar-refractivity contribution in [3.63, 3.8) is 0 Å². The molecule has 0 radical (unpaired) electrons. The first-order valence-corrected chi connectivity index (χ1v) is 9.10. The van der Waals surface area contributed by atoms with E-state index in [1.54, 1.807) is 0 Å². The van der Waals surface area contributed by atoms with Gasteiger partial charge in [0.15, 0.2) is 12.5 Å². The fourth-order valence-electron chi connectivity index (χ4n) is 5.75. The first-order chi connectivity index (χ1) is 10.3. The zero-order valence-electron chi connectivity index (χ0n) is 13.1. The van der Waals surface area contributed by atoms with E-state index in [1.165, 1.54) is 64.2 Å². The fourth-order valence-corrected chi connectivity index (χ4v) is 5.75. The van der Waals surface area contributed by atoms with Gasteiger partial charge >= 0.3 is 0 Å². The maximum atomic E-state index is 6.28. The molecule has 0 bridgehead atoms. The molecule has 4 nitrogen and oxygen atoms in total. The monoisotopic (exact) mass is 292 g/mol. The Hall–Kier alpha value is -0.160. The van der Waals surface area contributed by atoms with Crippen LogP contribution < -0.4 is 0 Å². The topological polar surface area (TPSA) is 24.9 Å². The minimum absolute atomic E-state index is 0.212. The Bertz CT molecular complexity index is 377. The van der Waals surface area contributed by atoms with Gasteiger partial charge in [-0.2, -0.15) is 0 Å². The van der Waals surface area contributed by atoms with Crippen molar-refractivity contribution in [2.45, 2.75) is 87.7 Å². The van der Waals surface area contributed by atoms with Gasteiger partial charge < -0.3 is 9.47 Å². The maximum absolute atomic E-state index is 6.28. The Morgan fingerprint density at radius 3 is 1.48 bits per heavy atom. The quantitative estimate of drug-likeness (QED) is 0.685. The molecule has 0 aromatic heterocycles. The Labute approximate surface area is 127 Å². The van der Waals surface area contributed by atoms with E-state index in [9.17, 15) is 0 Å². The van der Waals surface area contributed by atoms with Gasteiger partial charge in [-0.1, -0.05) is 38.5 Å². The zero-order valence-corrected chi connectivity index (χ0v) is 13.1. The first-order valence-electron chi connectivity index (χ1n) is 9.10. The molecule has 5 rings (SSSR count). The molecule has 3 aliphatic heterocycles. The second-order valence-electron chi connectivity index (χ2n) is 8.05. The second kappa shape index (κ2) is 4.67. The van der Waals surface area contributed by atoms with Crippen molar-refractivity contribution >= 4 is 0 Å². The maximum Gasteiger partial charge on any atom is 0.152 e. The van der Waals surface area contributed by atoms with Crippen molar-refractivity contribution in [1.29, 1.82) is 0 Å². The lowest BCUT2D eigenvalue weighted by Gasteiger charge is -2.43. The highest BCUT2D eigenvalue weighted by Crippen LogP contribution is 2.50. The smallest absolute Gasteiger partial charge is 0.152 e. The van der Waals surface area contributed by atoms with Crippen LogP contribution in [0.1, 0.15) is 64.2 Å². The van der Waals surface area contributed by atoms with Crippen LogP contribution in [-0.4, -0.2) is 53.2 Å². The molecule has 2 atom stereocenters. The van der Waals surface area contributed by atoms with Crippen LogP contribution in [0.3, 0.4) is 0 Å². The summed E-state index contributed by atoms with van der Waals surface area (Å²) in [5.74, 6) is 0. The summed E-state index contributed by atoms with van der Waals surface area (Å²) in [5.41, 5.74) is 0.680. The minimum Gasteiger partial charge on any atom is -0.357 e. The highest BCUT2D eigenvalue weighted by Gasteiger charge is 2.62. The highest BCUT2D eigenvalue weighted by atomic mass is 16.6. The van der Waals surface area contributed by atoms with Crippen LogP contribution in [0.25, 0.3) is 0 Å². The number of hydrogen-bond donors (Lipinski definition) is 0. The molecule has 2 spiro atoms. The summed E-state index contributed by atoms with van der Waals surface area (Å²) in [6.45, 7) is 2.98. The van der Waals surface area contributed by atoms with Crippen molar-refractivity contribution in [3.05, 3.63) is 0 Å². The van der Waals surface area contributed by atoms with Crippen LogP contribution in [0, 0.1) is 0 Å². The first kappa shape index (κ1) is 13.3.